The number of hydrogen-bond donors (Lipinski definition) is 1. The normalized spacial score (nSPS) is 10.4. The first-order chi connectivity index (χ1) is 9.86. The van der Waals surface area contributed by atoms with Gasteiger partial charge >= 0.3 is 0 Å². The molecule has 0 unspecified atom stereocenters. The predicted molar refractivity (Wildman–Crippen MR) is 80.7 cm³/mol. The van der Waals surface area contributed by atoms with Crippen molar-refractivity contribution in [3.05, 3.63) is 36.0 Å². The zero-order valence-corrected chi connectivity index (χ0v) is 11.7. The number of anilines is 1. The minimum atomic E-state index is 0.567. The number of unbranched alkanes of at least 4 members (excludes halogenated alkanes) is 1. The summed E-state index contributed by atoms with van der Waals surface area (Å²) in [5.41, 5.74) is 2.30. The number of aromatic nitrogens is 1. The third-order valence-corrected chi connectivity index (χ3v) is 3.09. The fourth-order valence-electron chi connectivity index (χ4n) is 2.01. The molecule has 2 rings (SSSR count). The van der Waals surface area contributed by atoms with Crippen molar-refractivity contribution in [1.82, 2.24) is 4.98 Å². The topological polar surface area (TPSA) is 57.9 Å². The van der Waals surface area contributed by atoms with Gasteiger partial charge in [-0.2, -0.15) is 5.26 Å². The summed E-state index contributed by atoms with van der Waals surface area (Å²) in [6.07, 6.45) is 3.84. The number of nitrogens with zero attached hydrogens (tertiary/aromatic N) is 2. The van der Waals surface area contributed by atoms with Crippen LogP contribution in [0.3, 0.4) is 0 Å². The molecule has 0 amide bonds. The summed E-state index contributed by atoms with van der Waals surface area (Å²) in [7, 11) is 0. The van der Waals surface area contributed by atoms with Gasteiger partial charge in [0.15, 0.2) is 0 Å². The first-order valence-electron chi connectivity index (χ1n) is 6.96. The molecule has 1 N–H and O–H groups in total. The Morgan fingerprint density at radius 3 is 2.95 bits per heavy atom. The third kappa shape index (κ3) is 3.46. The van der Waals surface area contributed by atoms with Gasteiger partial charge in [-0.25, -0.2) is 0 Å². The van der Waals surface area contributed by atoms with Crippen LogP contribution in [0.2, 0.25) is 0 Å². The van der Waals surface area contributed by atoms with E-state index in [9.17, 15) is 5.26 Å². The second-order valence-corrected chi connectivity index (χ2v) is 4.57. The van der Waals surface area contributed by atoms with Gasteiger partial charge < -0.3 is 10.1 Å². The van der Waals surface area contributed by atoms with Crippen molar-refractivity contribution in [2.45, 2.75) is 19.8 Å². The van der Waals surface area contributed by atoms with Crippen LogP contribution in [0, 0.1) is 11.3 Å². The standard InChI is InChI=1S/C16H19N3O/c1-2-3-9-20-10-8-18-16-13(11-17)12-19-15-7-5-4-6-14(15)16/h4-7,12H,2-3,8-10H2,1H3,(H,18,19). The van der Waals surface area contributed by atoms with Gasteiger partial charge in [-0.05, 0) is 12.5 Å². The number of nitriles is 1. The van der Waals surface area contributed by atoms with Crippen LogP contribution in [-0.4, -0.2) is 24.7 Å². The summed E-state index contributed by atoms with van der Waals surface area (Å²) < 4.78 is 5.52. The van der Waals surface area contributed by atoms with E-state index in [1.165, 1.54) is 0 Å². The van der Waals surface area contributed by atoms with E-state index in [1.807, 2.05) is 24.3 Å². The predicted octanol–water partition coefficient (Wildman–Crippen LogP) is 3.34. The Bertz CT molecular complexity index is 604. The van der Waals surface area contributed by atoms with Gasteiger partial charge in [-0.15, -0.1) is 0 Å². The zero-order valence-electron chi connectivity index (χ0n) is 11.7. The first kappa shape index (κ1) is 14.3. The molecule has 20 heavy (non-hydrogen) atoms. The van der Waals surface area contributed by atoms with Gasteiger partial charge in [-0.1, -0.05) is 31.5 Å². The van der Waals surface area contributed by atoms with E-state index in [0.29, 0.717) is 18.7 Å². The molecule has 0 aliphatic heterocycles. The molecule has 1 aromatic carbocycles. The Morgan fingerprint density at radius 1 is 1.30 bits per heavy atom. The summed E-state index contributed by atoms with van der Waals surface area (Å²) in [5.74, 6) is 0. The SMILES string of the molecule is CCCCOCCNc1c(C#N)cnc2ccccc12. The van der Waals surface area contributed by atoms with E-state index >= 15 is 0 Å². The summed E-state index contributed by atoms with van der Waals surface area (Å²) in [6.45, 7) is 4.26. The maximum Gasteiger partial charge on any atom is 0.103 e. The summed E-state index contributed by atoms with van der Waals surface area (Å²) in [4.78, 5) is 4.29. The number of nitrogens with one attached hydrogen (secondary N) is 1. The van der Waals surface area contributed by atoms with Crippen molar-refractivity contribution >= 4 is 16.6 Å². The molecule has 0 radical (unpaired) electrons. The van der Waals surface area contributed by atoms with Crippen molar-refractivity contribution < 1.29 is 4.74 Å². The molecule has 0 bridgehead atoms. The second-order valence-electron chi connectivity index (χ2n) is 4.57. The van der Waals surface area contributed by atoms with Gasteiger partial charge in [0.25, 0.3) is 0 Å². The molecule has 1 aromatic heterocycles. The van der Waals surface area contributed by atoms with Crippen LogP contribution in [-0.2, 0) is 4.74 Å². The summed E-state index contributed by atoms with van der Waals surface area (Å²) in [5, 5.41) is 13.5. The Labute approximate surface area is 119 Å². The van der Waals surface area contributed by atoms with Gasteiger partial charge in [0.1, 0.15) is 6.07 Å². The lowest BCUT2D eigenvalue weighted by Gasteiger charge is -2.11. The van der Waals surface area contributed by atoms with Gasteiger partial charge in [0, 0.05) is 24.7 Å². The molecule has 0 fully saturated rings. The molecule has 0 saturated carbocycles. The van der Waals surface area contributed by atoms with Crippen molar-refractivity contribution in [3.63, 3.8) is 0 Å². The van der Waals surface area contributed by atoms with E-state index in [4.69, 9.17) is 4.74 Å². The fraction of sp³-hybridized carbons (Fsp3) is 0.375. The molecule has 0 aliphatic rings. The largest absolute Gasteiger partial charge is 0.381 e. The molecule has 1 heterocycles. The highest BCUT2D eigenvalue weighted by Gasteiger charge is 2.07. The molecule has 0 saturated heterocycles. The van der Waals surface area contributed by atoms with Crippen LogP contribution in [0.5, 0.6) is 0 Å². The maximum absolute atomic E-state index is 9.19. The molecule has 0 atom stereocenters. The number of fused-ring (bicyclic) bond motifs is 1. The number of pyridine rings is 1. The monoisotopic (exact) mass is 269 g/mol. The van der Waals surface area contributed by atoms with Crippen LogP contribution in [0.25, 0.3) is 10.9 Å². The van der Waals surface area contributed by atoms with Crippen LogP contribution < -0.4 is 5.32 Å². The highest BCUT2D eigenvalue weighted by molar-refractivity contribution is 5.93. The quantitative estimate of drug-likeness (QED) is 0.783. The molecule has 104 valence electrons. The van der Waals surface area contributed by atoms with Crippen molar-refractivity contribution in [3.8, 4) is 6.07 Å². The van der Waals surface area contributed by atoms with Gasteiger partial charge in [0.05, 0.1) is 23.4 Å². The Hall–Kier alpha value is -2.12. The van der Waals surface area contributed by atoms with Crippen LogP contribution >= 0.6 is 0 Å². The van der Waals surface area contributed by atoms with Crippen molar-refractivity contribution in [2.24, 2.45) is 0 Å². The molecular formula is C16H19N3O. The molecule has 4 nitrogen and oxygen atoms in total. The lowest BCUT2D eigenvalue weighted by Crippen LogP contribution is -2.11. The van der Waals surface area contributed by atoms with E-state index in [2.05, 4.69) is 23.3 Å². The molecule has 4 heteroatoms. The van der Waals surface area contributed by atoms with Crippen LogP contribution in [0.1, 0.15) is 25.3 Å². The average Bonchev–Trinajstić information content (AvgIpc) is 2.50. The number of rotatable bonds is 7. The first-order valence-corrected chi connectivity index (χ1v) is 6.96. The molecular weight excluding hydrogens is 250 g/mol. The Kier molecular flexibility index (Phi) is 5.33. The minimum Gasteiger partial charge on any atom is -0.381 e. The van der Waals surface area contributed by atoms with Gasteiger partial charge in [0.2, 0.25) is 0 Å². The summed E-state index contributed by atoms with van der Waals surface area (Å²) in [6, 6.07) is 10.00. The number of para-hydroxylation sites is 1. The zero-order chi connectivity index (χ0) is 14.2. The van der Waals surface area contributed by atoms with E-state index in [-0.39, 0.29) is 0 Å². The Balaban J connectivity index is 2.06. The fourth-order valence-corrected chi connectivity index (χ4v) is 2.01. The Morgan fingerprint density at radius 2 is 2.15 bits per heavy atom. The van der Waals surface area contributed by atoms with E-state index < -0.39 is 0 Å². The van der Waals surface area contributed by atoms with E-state index in [1.54, 1.807) is 6.20 Å². The lowest BCUT2D eigenvalue weighted by atomic mass is 10.1. The molecule has 0 aliphatic carbocycles. The summed E-state index contributed by atoms with van der Waals surface area (Å²) >= 11 is 0. The smallest absolute Gasteiger partial charge is 0.103 e. The molecule has 0 spiro atoms. The third-order valence-electron chi connectivity index (χ3n) is 3.09. The van der Waals surface area contributed by atoms with E-state index in [0.717, 1.165) is 36.0 Å². The average molecular weight is 269 g/mol. The number of hydrogen-bond acceptors (Lipinski definition) is 4. The second kappa shape index (κ2) is 7.46. The minimum absolute atomic E-state index is 0.567. The molecule has 2 aromatic rings. The van der Waals surface area contributed by atoms with Crippen molar-refractivity contribution in [1.29, 1.82) is 5.26 Å². The van der Waals surface area contributed by atoms with Gasteiger partial charge in [-0.3, -0.25) is 4.98 Å². The highest BCUT2D eigenvalue weighted by atomic mass is 16.5. The number of ether oxygens (including phenoxy) is 1. The highest BCUT2D eigenvalue weighted by Crippen LogP contribution is 2.24. The van der Waals surface area contributed by atoms with Crippen molar-refractivity contribution in [2.75, 3.05) is 25.1 Å². The number of benzene rings is 1. The maximum atomic E-state index is 9.19. The van der Waals surface area contributed by atoms with Crippen LogP contribution in [0.4, 0.5) is 5.69 Å². The lowest BCUT2D eigenvalue weighted by molar-refractivity contribution is 0.141. The van der Waals surface area contributed by atoms with Crippen LogP contribution in [0.15, 0.2) is 30.5 Å².